The number of nitrogens with one attached hydrogen (secondary N) is 1. The second-order valence-corrected chi connectivity index (χ2v) is 9.31. The van der Waals surface area contributed by atoms with E-state index in [2.05, 4.69) is 5.32 Å². The number of halogens is 2. The normalized spacial score (nSPS) is 20.7. The maximum absolute atomic E-state index is 13.7. The first-order valence-corrected chi connectivity index (χ1v) is 10.5. The van der Waals surface area contributed by atoms with Crippen molar-refractivity contribution in [2.24, 2.45) is 11.8 Å². The molecule has 1 amide bonds. The van der Waals surface area contributed by atoms with Crippen LogP contribution in [-0.2, 0) is 10.0 Å². The molecule has 2 aromatic rings. The molecule has 0 aromatic heterocycles. The fourth-order valence-electron chi connectivity index (χ4n) is 3.53. The fraction of sp³-hybridized carbons (Fsp3) is 0.350. The molecule has 1 aliphatic heterocycles. The Kier molecular flexibility index (Phi) is 5.81. The van der Waals surface area contributed by atoms with Crippen LogP contribution in [0.15, 0.2) is 47.4 Å². The SMILES string of the molecule is CC1CC(C)CN(S(=O)(=O)c2ccc(NC(=O)c3cc(F)ccc3F)cc2)C1. The predicted molar refractivity (Wildman–Crippen MR) is 102 cm³/mol. The van der Waals surface area contributed by atoms with Gasteiger partial charge in [-0.1, -0.05) is 13.8 Å². The van der Waals surface area contributed by atoms with Crippen LogP contribution >= 0.6 is 0 Å². The Morgan fingerprint density at radius 1 is 1.04 bits per heavy atom. The van der Waals surface area contributed by atoms with Crippen LogP contribution in [0, 0.1) is 23.5 Å². The third-order valence-corrected chi connectivity index (χ3v) is 6.60. The van der Waals surface area contributed by atoms with Crippen LogP contribution in [0.2, 0.25) is 0 Å². The quantitative estimate of drug-likeness (QED) is 0.835. The zero-order chi connectivity index (χ0) is 20.5. The molecule has 0 spiro atoms. The minimum Gasteiger partial charge on any atom is -0.322 e. The first-order valence-electron chi connectivity index (χ1n) is 9.03. The van der Waals surface area contributed by atoms with E-state index in [1.807, 2.05) is 13.8 Å². The summed E-state index contributed by atoms with van der Waals surface area (Å²) in [6.07, 6.45) is 0.994. The van der Waals surface area contributed by atoms with Crippen molar-refractivity contribution in [1.82, 2.24) is 4.31 Å². The predicted octanol–water partition coefficient (Wildman–Crippen LogP) is 3.88. The van der Waals surface area contributed by atoms with E-state index in [1.165, 1.54) is 28.6 Å². The average Bonchev–Trinajstić information content (AvgIpc) is 2.63. The van der Waals surface area contributed by atoms with Gasteiger partial charge in [-0.2, -0.15) is 4.31 Å². The number of sulfonamides is 1. The molecular weight excluding hydrogens is 386 g/mol. The van der Waals surface area contributed by atoms with Gasteiger partial charge in [0.25, 0.3) is 5.91 Å². The number of hydrogen-bond donors (Lipinski definition) is 1. The van der Waals surface area contributed by atoms with Crippen molar-refractivity contribution in [2.75, 3.05) is 18.4 Å². The number of nitrogens with zero attached hydrogens (tertiary/aromatic N) is 1. The van der Waals surface area contributed by atoms with E-state index in [4.69, 9.17) is 0 Å². The van der Waals surface area contributed by atoms with Gasteiger partial charge in [-0.05, 0) is 60.7 Å². The fourth-order valence-corrected chi connectivity index (χ4v) is 5.21. The van der Waals surface area contributed by atoms with E-state index in [0.29, 0.717) is 24.9 Å². The molecule has 0 radical (unpaired) electrons. The van der Waals surface area contributed by atoms with Gasteiger partial charge in [0.15, 0.2) is 0 Å². The second-order valence-electron chi connectivity index (χ2n) is 7.37. The maximum atomic E-state index is 13.7. The van der Waals surface area contributed by atoms with Gasteiger partial charge in [-0.25, -0.2) is 17.2 Å². The molecule has 1 saturated heterocycles. The van der Waals surface area contributed by atoms with E-state index in [-0.39, 0.29) is 10.6 Å². The molecular formula is C20H22F2N2O3S. The minimum atomic E-state index is -3.63. The van der Waals surface area contributed by atoms with E-state index in [0.717, 1.165) is 24.6 Å². The summed E-state index contributed by atoms with van der Waals surface area (Å²) >= 11 is 0. The molecule has 0 aliphatic carbocycles. The van der Waals surface area contributed by atoms with Gasteiger partial charge < -0.3 is 5.32 Å². The molecule has 8 heteroatoms. The standard InChI is InChI=1S/C20H22F2N2O3S/c1-13-9-14(2)12-24(11-13)28(26,27)17-6-4-16(5-7-17)23-20(25)18-10-15(21)3-8-19(18)22/h3-8,10,13-14H,9,11-12H2,1-2H3,(H,23,25). The third-order valence-electron chi connectivity index (χ3n) is 4.76. The van der Waals surface area contributed by atoms with E-state index in [9.17, 15) is 22.0 Å². The molecule has 1 heterocycles. The summed E-state index contributed by atoms with van der Waals surface area (Å²) in [5, 5.41) is 2.44. The summed E-state index contributed by atoms with van der Waals surface area (Å²) in [5.74, 6) is -1.80. The van der Waals surface area contributed by atoms with Crippen LogP contribution in [0.5, 0.6) is 0 Å². The van der Waals surface area contributed by atoms with Crippen molar-refractivity contribution in [3.8, 4) is 0 Å². The molecule has 28 heavy (non-hydrogen) atoms. The highest BCUT2D eigenvalue weighted by Crippen LogP contribution is 2.27. The van der Waals surface area contributed by atoms with Gasteiger partial charge >= 0.3 is 0 Å². The van der Waals surface area contributed by atoms with Crippen LogP contribution in [-0.4, -0.2) is 31.7 Å². The molecule has 1 N–H and O–H groups in total. The Bertz CT molecular complexity index is 967. The zero-order valence-corrected chi connectivity index (χ0v) is 16.5. The van der Waals surface area contributed by atoms with Crippen molar-refractivity contribution in [1.29, 1.82) is 0 Å². The summed E-state index contributed by atoms with van der Waals surface area (Å²) in [6, 6.07) is 8.27. The Hall–Kier alpha value is -2.32. The van der Waals surface area contributed by atoms with Gasteiger partial charge in [0, 0.05) is 18.8 Å². The monoisotopic (exact) mass is 408 g/mol. The lowest BCUT2D eigenvalue weighted by Crippen LogP contribution is -2.42. The summed E-state index contributed by atoms with van der Waals surface area (Å²) in [7, 11) is -3.63. The van der Waals surface area contributed by atoms with Crippen LogP contribution in [0.4, 0.5) is 14.5 Å². The summed E-state index contributed by atoms with van der Waals surface area (Å²) in [4.78, 5) is 12.3. The number of benzene rings is 2. The maximum Gasteiger partial charge on any atom is 0.258 e. The highest BCUT2D eigenvalue weighted by molar-refractivity contribution is 7.89. The molecule has 0 saturated carbocycles. The number of amides is 1. The first-order chi connectivity index (χ1) is 13.2. The molecule has 5 nitrogen and oxygen atoms in total. The topological polar surface area (TPSA) is 66.5 Å². The van der Waals surface area contributed by atoms with Gasteiger partial charge in [0.05, 0.1) is 10.5 Å². The van der Waals surface area contributed by atoms with Crippen LogP contribution in [0.3, 0.4) is 0 Å². The molecule has 1 aliphatic rings. The lowest BCUT2D eigenvalue weighted by Gasteiger charge is -2.34. The van der Waals surface area contributed by atoms with Crippen LogP contribution in [0.1, 0.15) is 30.6 Å². The van der Waals surface area contributed by atoms with Gasteiger partial charge in [-0.15, -0.1) is 0 Å². The molecule has 1 fully saturated rings. The second kappa shape index (κ2) is 7.97. The Balaban J connectivity index is 1.76. The van der Waals surface area contributed by atoms with Crippen molar-refractivity contribution in [3.05, 3.63) is 59.7 Å². The number of hydrogen-bond acceptors (Lipinski definition) is 3. The molecule has 150 valence electrons. The summed E-state index contributed by atoms with van der Waals surface area (Å²) < 4.78 is 54.2. The van der Waals surface area contributed by atoms with Crippen LogP contribution in [0.25, 0.3) is 0 Å². The van der Waals surface area contributed by atoms with Gasteiger partial charge in [-0.3, -0.25) is 4.79 Å². The number of carbonyl (C=O) groups excluding carboxylic acids is 1. The van der Waals surface area contributed by atoms with Crippen LogP contribution < -0.4 is 5.32 Å². The van der Waals surface area contributed by atoms with Gasteiger partial charge in [0.2, 0.25) is 10.0 Å². The van der Waals surface area contributed by atoms with Crippen molar-refractivity contribution in [2.45, 2.75) is 25.2 Å². The highest BCUT2D eigenvalue weighted by atomic mass is 32.2. The number of carbonyl (C=O) groups is 1. The lowest BCUT2D eigenvalue weighted by atomic mass is 9.94. The number of anilines is 1. The van der Waals surface area contributed by atoms with Crippen molar-refractivity contribution < 1.29 is 22.0 Å². The lowest BCUT2D eigenvalue weighted by molar-refractivity contribution is 0.102. The van der Waals surface area contributed by atoms with E-state index < -0.39 is 33.1 Å². The van der Waals surface area contributed by atoms with Crippen molar-refractivity contribution >= 4 is 21.6 Å². The Morgan fingerprint density at radius 2 is 1.64 bits per heavy atom. The first kappa shape index (κ1) is 20.4. The molecule has 2 atom stereocenters. The average molecular weight is 408 g/mol. The van der Waals surface area contributed by atoms with Gasteiger partial charge in [0.1, 0.15) is 11.6 Å². The molecule has 3 rings (SSSR count). The van der Waals surface area contributed by atoms with E-state index >= 15 is 0 Å². The largest absolute Gasteiger partial charge is 0.322 e. The molecule has 2 unspecified atom stereocenters. The smallest absolute Gasteiger partial charge is 0.258 e. The number of rotatable bonds is 4. The number of piperidine rings is 1. The van der Waals surface area contributed by atoms with E-state index in [1.54, 1.807) is 0 Å². The zero-order valence-electron chi connectivity index (χ0n) is 15.7. The molecule has 2 aromatic carbocycles. The minimum absolute atomic E-state index is 0.128. The Morgan fingerprint density at radius 3 is 2.25 bits per heavy atom. The summed E-state index contributed by atoms with van der Waals surface area (Å²) in [5.41, 5.74) is -0.138. The highest BCUT2D eigenvalue weighted by Gasteiger charge is 2.31. The third kappa shape index (κ3) is 4.39. The Labute approximate surface area is 163 Å². The molecule has 0 bridgehead atoms. The summed E-state index contributed by atoms with van der Waals surface area (Å²) in [6.45, 7) is 5.01. The van der Waals surface area contributed by atoms with Crippen molar-refractivity contribution in [3.63, 3.8) is 0 Å².